The molecule has 0 aliphatic carbocycles. The molecule has 0 saturated carbocycles. The minimum atomic E-state index is -0.0352. The van der Waals surface area contributed by atoms with Gasteiger partial charge in [0.2, 0.25) is 5.89 Å². The van der Waals surface area contributed by atoms with Crippen molar-refractivity contribution in [2.75, 3.05) is 6.54 Å². The van der Waals surface area contributed by atoms with Gasteiger partial charge in [-0.05, 0) is 27.7 Å². The zero-order chi connectivity index (χ0) is 13.9. The lowest BCUT2D eigenvalue weighted by Crippen LogP contribution is -2.22. The number of aromatic nitrogens is 5. The van der Waals surface area contributed by atoms with Crippen LogP contribution in [0.15, 0.2) is 10.7 Å². The molecule has 0 atom stereocenters. The predicted octanol–water partition coefficient (Wildman–Crippen LogP) is 1.06. The molecule has 2 aromatic heterocycles. The van der Waals surface area contributed by atoms with Gasteiger partial charge in [-0.3, -0.25) is 0 Å². The molecule has 0 aromatic carbocycles. The average molecular weight is 264 g/mol. The van der Waals surface area contributed by atoms with Crippen molar-refractivity contribution in [2.45, 2.75) is 46.2 Å². The first kappa shape index (κ1) is 13.7. The highest BCUT2D eigenvalue weighted by molar-refractivity contribution is 4.94. The van der Waals surface area contributed by atoms with Gasteiger partial charge in [-0.1, -0.05) is 10.4 Å². The lowest BCUT2D eigenvalue weighted by atomic mass is 10.1. The standard InChI is InChI=1S/C12H20N6O/c1-9-14-11(19-16-9)5-6-13-7-10-8-18(17-15-10)12(2,3)4/h8,13H,5-7H2,1-4H3. The van der Waals surface area contributed by atoms with Gasteiger partial charge in [-0.2, -0.15) is 4.98 Å². The lowest BCUT2D eigenvalue weighted by molar-refractivity contribution is 0.347. The third-order valence-electron chi connectivity index (χ3n) is 2.62. The summed E-state index contributed by atoms with van der Waals surface area (Å²) in [4.78, 5) is 4.14. The second-order valence-corrected chi connectivity index (χ2v) is 5.49. The Morgan fingerprint density at radius 1 is 1.37 bits per heavy atom. The van der Waals surface area contributed by atoms with Crippen LogP contribution >= 0.6 is 0 Å². The molecule has 0 aliphatic heterocycles. The maximum atomic E-state index is 5.03. The summed E-state index contributed by atoms with van der Waals surface area (Å²) in [5.41, 5.74) is 0.892. The highest BCUT2D eigenvalue weighted by atomic mass is 16.5. The second kappa shape index (κ2) is 5.48. The molecule has 19 heavy (non-hydrogen) atoms. The van der Waals surface area contributed by atoms with Gasteiger partial charge >= 0.3 is 0 Å². The first-order chi connectivity index (χ1) is 8.95. The molecular formula is C12H20N6O. The Morgan fingerprint density at radius 2 is 2.16 bits per heavy atom. The van der Waals surface area contributed by atoms with Gasteiger partial charge in [0.25, 0.3) is 0 Å². The Labute approximate surface area is 112 Å². The number of nitrogens with one attached hydrogen (secondary N) is 1. The van der Waals surface area contributed by atoms with E-state index < -0.39 is 0 Å². The van der Waals surface area contributed by atoms with Crippen LogP contribution in [0, 0.1) is 6.92 Å². The summed E-state index contributed by atoms with van der Waals surface area (Å²) < 4.78 is 6.90. The summed E-state index contributed by atoms with van der Waals surface area (Å²) >= 11 is 0. The first-order valence-electron chi connectivity index (χ1n) is 6.37. The molecule has 2 rings (SSSR count). The Hall–Kier alpha value is -1.76. The SMILES string of the molecule is Cc1noc(CCNCc2cn(C(C)(C)C)nn2)n1. The van der Waals surface area contributed by atoms with Crippen molar-refractivity contribution < 1.29 is 4.52 Å². The molecule has 7 nitrogen and oxygen atoms in total. The van der Waals surface area contributed by atoms with Crippen LogP contribution in [0.3, 0.4) is 0 Å². The van der Waals surface area contributed by atoms with Gasteiger partial charge in [-0.25, -0.2) is 4.68 Å². The Bertz CT molecular complexity index is 524. The second-order valence-electron chi connectivity index (χ2n) is 5.49. The minimum absolute atomic E-state index is 0.0352. The van der Waals surface area contributed by atoms with Crippen LogP contribution in [-0.4, -0.2) is 31.7 Å². The minimum Gasteiger partial charge on any atom is -0.339 e. The molecule has 0 spiro atoms. The van der Waals surface area contributed by atoms with Crippen LogP contribution in [0.5, 0.6) is 0 Å². The molecule has 104 valence electrons. The Kier molecular flexibility index (Phi) is 3.94. The maximum Gasteiger partial charge on any atom is 0.227 e. The Morgan fingerprint density at radius 3 is 2.74 bits per heavy atom. The third-order valence-corrected chi connectivity index (χ3v) is 2.62. The largest absolute Gasteiger partial charge is 0.339 e. The summed E-state index contributed by atoms with van der Waals surface area (Å²) in [6.07, 6.45) is 2.68. The molecule has 7 heteroatoms. The van der Waals surface area contributed by atoms with E-state index in [4.69, 9.17) is 4.52 Å². The predicted molar refractivity (Wildman–Crippen MR) is 69.5 cm³/mol. The monoisotopic (exact) mass is 264 g/mol. The van der Waals surface area contributed by atoms with E-state index in [0.717, 1.165) is 12.2 Å². The summed E-state index contributed by atoms with van der Waals surface area (Å²) in [7, 11) is 0. The molecule has 2 heterocycles. The van der Waals surface area contributed by atoms with Gasteiger partial charge in [0.15, 0.2) is 5.82 Å². The quantitative estimate of drug-likeness (QED) is 0.813. The van der Waals surface area contributed by atoms with Gasteiger partial charge in [-0.15, -0.1) is 5.10 Å². The van der Waals surface area contributed by atoms with Crippen molar-refractivity contribution in [1.29, 1.82) is 0 Å². The molecule has 0 bridgehead atoms. The van der Waals surface area contributed by atoms with E-state index in [1.165, 1.54) is 0 Å². The maximum absolute atomic E-state index is 5.03. The van der Waals surface area contributed by atoms with E-state index in [1.54, 1.807) is 0 Å². The Balaban J connectivity index is 1.75. The topological polar surface area (TPSA) is 81.7 Å². The van der Waals surface area contributed by atoms with Crippen LogP contribution < -0.4 is 5.32 Å². The van der Waals surface area contributed by atoms with Crippen molar-refractivity contribution in [3.05, 3.63) is 23.6 Å². The smallest absolute Gasteiger partial charge is 0.227 e. The zero-order valence-electron chi connectivity index (χ0n) is 11.8. The third kappa shape index (κ3) is 3.85. The van der Waals surface area contributed by atoms with E-state index in [0.29, 0.717) is 24.7 Å². The van der Waals surface area contributed by atoms with Crippen molar-refractivity contribution in [2.24, 2.45) is 0 Å². The summed E-state index contributed by atoms with van der Waals surface area (Å²) in [6, 6.07) is 0. The number of rotatable bonds is 5. The van der Waals surface area contributed by atoms with Crippen LogP contribution in [-0.2, 0) is 18.5 Å². The molecule has 2 aromatic rings. The van der Waals surface area contributed by atoms with Gasteiger partial charge in [0.1, 0.15) is 0 Å². The normalized spacial score (nSPS) is 12.0. The first-order valence-corrected chi connectivity index (χ1v) is 6.37. The molecule has 0 aliphatic rings. The molecule has 0 fully saturated rings. The summed E-state index contributed by atoms with van der Waals surface area (Å²) in [5, 5.41) is 15.3. The number of hydrogen-bond donors (Lipinski definition) is 1. The molecular weight excluding hydrogens is 244 g/mol. The fraction of sp³-hybridized carbons (Fsp3) is 0.667. The van der Waals surface area contributed by atoms with Crippen molar-refractivity contribution >= 4 is 0 Å². The zero-order valence-corrected chi connectivity index (χ0v) is 11.8. The fourth-order valence-electron chi connectivity index (χ4n) is 1.56. The average Bonchev–Trinajstić information content (AvgIpc) is 2.93. The highest BCUT2D eigenvalue weighted by Gasteiger charge is 2.14. The molecule has 0 unspecified atom stereocenters. The highest BCUT2D eigenvalue weighted by Crippen LogP contribution is 2.11. The van der Waals surface area contributed by atoms with Crippen molar-refractivity contribution in [3.8, 4) is 0 Å². The molecule has 0 saturated heterocycles. The fourth-order valence-corrected chi connectivity index (χ4v) is 1.56. The molecule has 1 N–H and O–H groups in total. The van der Waals surface area contributed by atoms with E-state index in [2.05, 4.69) is 46.5 Å². The van der Waals surface area contributed by atoms with Crippen LogP contribution in [0.4, 0.5) is 0 Å². The van der Waals surface area contributed by atoms with E-state index in [-0.39, 0.29) is 5.54 Å². The van der Waals surface area contributed by atoms with E-state index in [9.17, 15) is 0 Å². The van der Waals surface area contributed by atoms with E-state index in [1.807, 2.05) is 17.8 Å². The summed E-state index contributed by atoms with van der Waals surface area (Å²) in [6.45, 7) is 9.54. The van der Waals surface area contributed by atoms with Crippen LogP contribution in [0.25, 0.3) is 0 Å². The molecule has 0 radical (unpaired) electrons. The number of hydrogen-bond acceptors (Lipinski definition) is 6. The van der Waals surface area contributed by atoms with Crippen LogP contribution in [0.1, 0.15) is 38.2 Å². The van der Waals surface area contributed by atoms with Crippen molar-refractivity contribution in [1.82, 2.24) is 30.5 Å². The van der Waals surface area contributed by atoms with E-state index >= 15 is 0 Å². The lowest BCUT2D eigenvalue weighted by Gasteiger charge is -2.17. The van der Waals surface area contributed by atoms with Crippen molar-refractivity contribution in [3.63, 3.8) is 0 Å². The van der Waals surface area contributed by atoms with Gasteiger partial charge in [0.05, 0.1) is 17.4 Å². The van der Waals surface area contributed by atoms with Gasteiger partial charge in [0, 0.05) is 19.5 Å². The number of aryl methyl sites for hydroxylation is 1. The number of nitrogens with zero attached hydrogens (tertiary/aromatic N) is 5. The van der Waals surface area contributed by atoms with Crippen LogP contribution in [0.2, 0.25) is 0 Å². The molecule has 0 amide bonds. The summed E-state index contributed by atoms with van der Waals surface area (Å²) in [5.74, 6) is 1.33. The van der Waals surface area contributed by atoms with Gasteiger partial charge < -0.3 is 9.84 Å².